The van der Waals surface area contributed by atoms with Gasteiger partial charge in [-0.2, -0.15) is 0 Å². The lowest BCUT2D eigenvalue weighted by atomic mass is 10.5. The van der Waals surface area contributed by atoms with E-state index in [9.17, 15) is 0 Å². The van der Waals surface area contributed by atoms with Gasteiger partial charge in [-0.25, -0.2) is 0 Å². The van der Waals surface area contributed by atoms with Gasteiger partial charge in [0.2, 0.25) is 0 Å². The summed E-state index contributed by atoms with van der Waals surface area (Å²) < 4.78 is 0.511. The predicted octanol–water partition coefficient (Wildman–Crippen LogP) is 2.68. The molecule has 2 nitrogen and oxygen atoms in total. The van der Waals surface area contributed by atoms with Crippen molar-refractivity contribution in [2.75, 3.05) is 6.67 Å². The largest absolute Gasteiger partial charge is 0.374 e. The molecule has 0 radical (unpaired) electrons. The number of hydrogen-bond donors (Lipinski definition) is 1. The Morgan fingerprint density at radius 1 is 1.42 bits per heavy atom. The van der Waals surface area contributed by atoms with Gasteiger partial charge in [0.25, 0.3) is 0 Å². The number of alkyl halides is 1. The predicted molar refractivity (Wildman–Crippen MR) is 63.0 cm³/mol. The molecular weight excluding hydrogens is 263 g/mol. The summed E-state index contributed by atoms with van der Waals surface area (Å²) in [6, 6.07) is 0. The summed E-state index contributed by atoms with van der Waals surface area (Å²) in [5.41, 5.74) is 0. The molecule has 0 fully saturated rings. The topological polar surface area (TPSA) is 15.3 Å². The summed E-state index contributed by atoms with van der Waals surface area (Å²) in [6.45, 7) is 7.05. The van der Waals surface area contributed by atoms with Crippen molar-refractivity contribution in [3.63, 3.8) is 0 Å². The maximum atomic E-state index is 3.19. The second-order valence-electron chi connectivity index (χ2n) is 2.43. The Balaban J connectivity index is 3.79. The summed E-state index contributed by atoms with van der Waals surface area (Å²) in [5.74, 6) is 0. The van der Waals surface area contributed by atoms with Crippen molar-refractivity contribution >= 4 is 22.6 Å². The standard InChI is InChI=1S/C9H17IN2/c1-4-6-11-8-12(7-5-2)9(3)10/h4-7,9,11H,8H2,1-3H3/b6-4-,7-5-. The first-order chi connectivity index (χ1) is 5.72. The van der Waals surface area contributed by atoms with Crippen molar-refractivity contribution in [2.24, 2.45) is 0 Å². The Kier molecular flexibility index (Phi) is 7.34. The molecule has 0 amide bonds. The van der Waals surface area contributed by atoms with Gasteiger partial charge in [0.15, 0.2) is 0 Å². The lowest BCUT2D eigenvalue weighted by Crippen LogP contribution is -2.31. The molecule has 0 bridgehead atoms. The highest BCUT2D eigenvalue weighted by Gasteiger charge is 2.02. The first kappa shape index (κ1) is 11.8. The van der Waals surface area contributed by atoms with E-state index in [1.807, 2.05) is 32.2 Å². The molecule has 3 heteroatoms. The monoisotopic (exact) mass is 280 g/mol. The van der Waals surface area contributed by atoms with Crippen LogP contribution in [-0.4, -0.2) is 15.6 Å². The number of hydrogen-bond acceptors (Lipinski definition) is 2. The molecule has 1 unspecified atom stereocenters. The normalized spacial score (nSPS) is 14.0. The number of nitrogens with zero attached hydrogens (tertiary/aromatic N) is 1. The maximum absolute atomic E-state index is 3.19. The minimum Gasteiger partial charge on any atom is -0.374 e. The third-order valence-electron chi connectivity index (χ3n) is 1.36. The molecular formula is C9H17IN2. The van der Waals surface area contributed by atoms with Crippen LogP contribution in [0.1, 0.15) is 20.8 Å². The van der Waals surface area contributed by atoms with Crippen LogP contribution in [0.25, 0.3) is 0 Å². The van der Waals surface area contributed by atoms with Crippen molar-refractivity contribution in [1.29, 1.82) is 0 Å². The van der Waals surface area contributed by atoms with Crippen molar-refractivity contribution in [3.05, 3.63) is 24.6 Å². The van der Waals surface area contributed by atoms with Gasteiger partial charge in [-0.3, -0.25) is 0 Å². The van der Waals surface area contributed by atoms with Gasteiger partial charge in [0.05, 0.1) is 10.7 Å². The molecule has 0 aliphatic heterocycles. The Morgan fingerprint density at radius 3 is 2.50 bits per heavy atom. The molecule has 0 aliphatic rings. The lowest BCUT2D eigenvalue weighted by molar-refractivity contribution is 0.367. The zero-order valence-corrected chi connectivity index (χ0v) is 10.1. The molecule has 70 valence electrons. The molecule has 0 aromatic carbocycles. The quantitative estimate of drug-likeness (QED) is 0.360. The molecule has 0 aromatic rings. The maximum Gasteiger partial charge on any atom is 0.0876 e. The van der Waals surface area contributed by atoms with Gasteiger partial charge in [-0.05, 0) is 33.2 Å². The van der Waals surface area contributed by atoms with Gasteiger partial charge >= 0.3 is 0 Å². The summed E-state index contributed by atoms with van der Waals surface area (Å²) in [7, 11) is 0. The molecule has 1 N–H and O–H groups in total. The fourth-order valence-electron chi connectivity index (χ4n) is 0.765. The van der Waals surface area contributed by atoms with Crippen molar-refractivity contribution in [3.8, 4) is 0 Å². The van der Waals surface area contributed by atoms with E-state index in [1.165, 1.54) is 0 Å². The highest BCUT2D eigenvalue weighted by molar-refractivity contribution is 14.1. The number of halogens is 1. The number of nitrogens with one attached hydrogen (secondary N) is 1. The van der Waals surface area contributed by atoms with Crippen LogP contribution < -0.4 is 5.32 Å². The van der Waals surface area contributed by atoms with Gasteiger partial charge in [-0.1, -0.05) is 34.7 Å². The first-order valence-corrected chi connectivity index (χ1v) is 5.34. The third-order valence-corrected chi connectivity index (χ3v) is 2.07. The van der Waals surface area contributed by atoms with Gasteiger partial charge in [0.1, 0.15) is 0 Å². The molecule has 0 aliphatic carbocycles. The zero-order chi connectivity index (χ0) is 9.40. The van der Waals surface area contributed by atoms with Crippen molar-refractivity contribution in [1.82, 2.24) is 10.2 Å². The Hall–Kier alpha value is -0.190. The molecule has 12 heavy (non-hydrogen) atoms. The second-order valence-corrected chi connectivity index (χ2v) is 4.24. The summed E-state index contributed by atoms with van der Waals surface area (Å²) in [4.78, 5) is 2.22. The summed E-state index contributed by atoms with van der Waals surface area (Å²) in [5, 5.41) is 3.19. The second kappa shape index (κ2) is 7.46. The van der Waals surface area contributed by atoms with Crippen LogP contribution in [0.5, 0.6) is 0 Å². The third kappa shape index (κ3) is 5.46. The van der Waals surface area contributed by atoms with E-state index in [0.717, 1.165) is 6.67 Å². The van der Waals surface area contributed by atoms with E-state index in [2.05, 4.69) is 45.9 Å². The van der Waals surface area contributed by atoms with E-state index in [-0.39, 0.29) is 0 Å². The van der Waals surface area contributed by atoms with Crippen molar-refractivity contribution in [2.45, 2.75) is 24.8 Å². The lowest BCUT2D eigenvalue weighted by Gasteiger charge is -2.23. The SMILES string of the molecule is C/C=C\NCN(/C=C\C)C(C)I. The summed E-state index contributed by atoms with van der Waals surface area (Å²) >= 11 is 2.39. The van der Waals surface area contributed by atoms with E-state index in [0.29, 0.717) is 4.05 Å². The highest BCUT2D eigenvalue weighted by atomic mass is 127. The smallest absolute Gasteiger partial charge is 0.0876 e. The number of allylic oxidation sites excluding steroid dienone is 2. The fourth-order valence-corrected chi connectivity index (χ4v) is 1.15. The van der Waals surface area contributed by atoms with E-state index in [4.69, 9.17) is 0 Å². The van der Waals surface area contributed by atoms with Crippen LogP contribution in [0, 0.1) is 0 Å². The number of rotatable bonds is 5. The van der Waals surface area contributed by atoms with Crippen LogP contribution in [-0.2, 0) is 0 Å². The fraction of sp³-hybridized carbons (Fsp3) is 0.556. The summed E-state index contributed by atoms with van der Waals surface area (Å²) in [6.07, 6.45) is 8.08. The average molecular weight is 280 g/mol. The molecule has 0 spiro atoms. The average Bonchev–Trinajstić information content (AvgIpc) is 2.03. The minimum absolute atomic E-state index is 0.511. The van der Waals surface area contributed by atoms with Crippen LogP contribution in [0.4, 0.5) is 0 Å². The Morgan fingerprint density at radius 2 is 2.08 bits per heavy atom. The van der Waals surface area contributed by atoms with Gasteiger partial charge in [0, 0.05) is 0 Å². The van der Waals surface area contributed by atoms with Gasteiger partial charge < -0.3 is 10.2 Å². The Labute approximate surface area is 88.9 Å². The molecule has 1 atom stereocenters. The van der Waals surface area contributed by atoms with Crippen LogP contribution >= 0.6 is 22.6 Å². The van der Waals surface area contributed by atoms with Crippen LogP contribution in [0.3, 0.4) is 0 Å². The van der Waals surface area contributed by atoms with Crippen LogP contribution in [0.15, 0.2) is 24.6 Å². The molecule has 0 aromatic heterocycles. The van der Waals surface area contributed by atoms with Crippen LogP contribution in [0.2, 0.25) is 0 Å². The molecule has 0 heterocycles. The minimum atomic E-state index is 0.511. The van der Waals surface area contributed by atoms with E-state index >= 15 is 0 Å². The van der Waals surface area contributed by atoms with Crippen molar-refractivity contribution < 1.29 is 0 Å². The Bertz CT molecular complexity index is 153. The first-order valence-electron chi connectivity index (χ1n) is 4.09. The van der Waals surface area contributed by atoms with E-state index < -0.39 is 0 Å². The molecule has 0 saturated heterocycles. The molecule has 0 rings (SSSR count). The molecule has 0 saturated carbocycles. The highest BCUT2D eigenvalue weighted by Crippen LogP contribution is 2.05. The van der Waals surface area contributed by atoms with E-state index in [1.54, 1.807) is 0 Å². The zero-order valence-electron chi connectivity index (χ0n) is 7.92. The van der Waals surface area contributed by atoms with Gasteiger partial charge in [-0.15, -0.1) is 0 Å².